The first-order valence-electron chi connectivity index (χ1n) is 11.9. The molecule has 0 bridgehead atoms. The van der Waals surface area contributed by atoms with Gasteiger partial charge in [-0.25, -0.2) is 0 Å². The van der Waals surface area contributed by atoms with E-state index in [1.54, 1.807) is 17.0 Å². The van der Waals surface area contributed by atoms with Crippen molar-refractivity contribution in [2.24, 2.45) is 0 Å². The lowest BCUT2D eigenvalue weighted by atomic mass is 9.95. The molecule has 2 aliphatic rings. The molecule has 5 rings (SSSR count). The maximum Gasteiger partial charge on any atom is 0.290 e. The normalized spacial score (nSPS) is 19.1. The minimum absolute atomic E-state index is 0.0280. The first-order chi connectivity index (χ1) is 17.1. The summed E-state index contributed by atoms with van der Waals surface area (Å²) in [7, 11) is 0. The Morgan fingerprint density at radius 3 is 2.54 bits per heavy atom. The van der Waals surface area contributed by atoms with Gasteiger partial charge in [0.1, 0.15) is 11.3 Å². The van der Waals surface area contributed by atoms with Crippen molar-refractivity contribution in [1.29, 1.82) is 0 Å². The monoisotopic (exact) mass is 476 g/mol. The summed E-state index contributed by atoms with van der Waals surface area (Å²) in [5.74, 6) is -0.807. The van der Waals surface area contributed by atoms with Crippen molar-refractivity contribution in [3.05, 3.63) is 77.3 Å². The smallest absolute Gasteiger partial charge is 0.290 e. The number of carbonyl (C=O) groups is 2. The van der Waals surface area contributed by atoms with Crippen molar-refractivity contribution < 1.29 is 28.6 Å². The zero-order chi connectivity index (χ0) is 24.4. The van der Waals surface area contributed by atoms with Gasteiger partial charge in [-0.15, -0.1) is 0 Å². The van der Waals surface area contributed by atoms with E-state index in [4.69, 9.17) is 13.9 Å². The highest BCUT2D eigenvalue weighted by Crippen LogP contribution is 2.40. The Balaban J connectivity index is 1.49. The molecule has 2 aliphatic heterocycles. The van der Waals surface area contributed by atoms with E-state index >= 15 is 0 Å². The van der Waals surface area contributed by atoms with Gasteiger partial charge in [0.2, 0.25) is 5.78 Å². The summed E-state index contributed by atoms with van der Waals surface area (Å²) >= 11 is 0. The standard InChI is InChI=1S/C27H28N2O6/c1-2-34-20-9-7-18(8-10-20)24-23(25(30)22-17-19-5-3-4-6-21(19)35-22)26(31)27(32)29(24)12-11-28-13-15-33-16-14-28/h3-10,17,24,31H,2,11-16H2,1H3/t24-/m0/s1. The van der Waals surface area contributed by atoms with Crippen LogP contribution in [0.15, 0.2) is 70.3 Å². The third-order valence-corrected chi connectivity index (χ3v) is 6.47. The van der Waals surface area contributed by atoms with Crippen LogP contribution in [-0.2, 0) is 9.53 Å². The van der Waals surface area contributed by atoms with Crippen LogP contribution in [0.25, 0.3) is 11.0 Å². The van der Waals surface area contributed by atoms with Crippen molar-refractivity contribution in [3.63, 3.8) is 0 Å². The van der Waals surface area contributed by atoms with Crippen LogP contribution < -0.4 is 4.74 Å². The Bertz CT molecular complexity index is 1220. The molecule has 3 aromatic rings. The third kappa shape index (κ3) is 4.54. The van der Waals surface area contributed by atoms with Gasteiger partial charge in [-0.3, -0.25) is 14.5 Å². The number of ether oxygens (including phenoxy) is 2. The van der Waals surface area contributed by atoms with Crippen molar-refractivity contribution in [3.8, 4) is 5.75 Å². The second-order valence-electron chi connectivity index (χ2n) is 8.60. The lowest BCUT2D eigenvalue weighted by Gasteiger charge is -2.31. The molecule has 1 fully saturated rings. The van der Waals surface area contributed by atoms with Crippen LogP contribution >= 0.6 is 0 Å². The number of benzene rings is 2. The molecule has 35 heavy (non-hydrogen) atoms. The second kappa shape index (κ2) is 9.93. The maximum atomic E-state index is 13.6. The minimum Gasteiger partial charge on any atom is -0.503 e. The third-order valence-electron chi connectivity index (χ3n) is 6.47. The average molecular weight is 477 g/mol. The molecule has 1 aromatic heterocycles. The first kappa shape index (κ1) is 23.1. The fourth-order valence-electron chi connectivity index (χ4n) is 4.68. The number of Topliss-reactive ketones (excluding diaryl/α,β-unsaturated/α-hetero) is 1. The highest BCUT2D eigenvalue weighted by Gasteiger charge is 2.44. The SMILES string of the molecule is CCOc1ccc([C@H]2C(C(=O)c3cc4ccccc4o3)=C(O)C(=O)N2CCN2CCOCC2)cc1. The number of hydrogen-bond acceptors (Lipinski definition) is 7. The predicted octanol–water partition coefficient (Wildman–Crippen LogP) is 3.74. The number of furan rings is 1. The molecule has 1 saturated heterocycles. The van der Waals surface area contributed by atoms with Crippen LogP contribution in [0.2, 0.25) is 0 Å². The maximum absolute atomic E-state index is 13.6. The number of aliphatic hydroxyl groups excluding tert-OH is 1. The zero-order valence-electron chi connectivity index (χ0n) is 19.6. The Morgan fingerprint density at radius 1 is 1.09 bits per heavy atom. The van der Waals surface area contributed by atoms with Gasteiger partial charge < -0.3 is 23.9 Å². The highest BCUT2D eigenvalue weighted by molar-refractivity contribution is 6.16. The van der Waals surface area contributed by atoms with Crippen LogP contribution in [-0.4, -0.2) is 72.6 Å². The number of carbonyl (C=O) groups excluding carboxylic acids is 2. The molecule has 1 amide bonds. The molecule has 0 aliphatic carbocycles. The largest absolute Gasteiger partial charge is 0.503 e. The topological polar surface area (TPSA) is 92.5 Å². The minimum atomic E-state index is -0.736. The van der Waals surface area contributed by atoms with E-state index in [0.717, 1.165) is 18.5 Å². The number of para-hydroxylation sites is 1. The molecular formula is C27H28N2O6. The number of fused-ring (bicyclic) bond motifs is 1. The zero-order valence-corrected chi connectivity index (χ0v) is 19.6. The number of amides is 1. The summed E-state index contributed by atoms with van der Waals surface area (Å²) in [6, 6.07) is 15.5. The Kier molecular flexibility index (Phi) is 6.57. The van der Waals surface area contributed by atoms with Gasteiger partial charge in [-0.05, 0) is 36.8 Å². The molecular weight excluding hydrogens is 448 g/mol. The summed E-state index contributed by atoms with van der Waals surface area (Å²) in [5.41, 5.74) is 1.31. The fourth-order valence-corrected chi connectivity index (χ4v) is 4.68. The molecule has 8 nitrogen and oxygen atoms in total. The predicted molar refractivity (Wildman–Crippen MR) is 130 cm³/mol. The number of nitrogens with zero attached hydrogens (tertiary/aromatic N) is 2. The highest BCUT2D eigenvalue weighted by atomic mass is 16.5. The second-order valence-corrected chi connectivity index (χ2v) is 8.60. The number of aliphatic hydroxyl groups is 1. The summed E-state index contributed by atoms with van der Waals surface area (Å²) in [6.07, 6.45) is 0. The lowest BCUT2D eigenvalue weighted by molar-refractivity contribution is -0.129. The summed E-state index contributed by atoms with van der Waals surface area (Å²) in [5, 5.41) is 11.7. The number of ketones is 1. The van der Waals surface area contributed by atoms with Gasteiger partial charge in [-0.1, -0.05) is 30.3 Å². The number of hydrogen-bond donors (Lipinski definition) is 1. The molecule has 2 aromatic carbocycles. The average Bonchev–Trinajstić information content (AvgIpc) is 3.43. The van der Waals surface area contributed by atoms with Crippen molar-refractivity contribution in [2.45, 2.75) is 13.0 Å². The molecule has 0 radical (unpaired) electrons. The quantitative estimate of drug-likeness (QED) is 0.495. The number of rotatable bonds is 8. The Labute approximate surface area is 203 Å². The van der Waals surface area contributed by atoms with Gasteiger partial charge in [0.15, 0.2) is 11.5 Å². The molecule has 0 unspecified atom stereocenters. The van der Waals surface area contributed by atoms with Gasteiger partial charge >= 0.3 is 0 Å². The fraction of sp³-hybridized carbons (Fsp3) is 0.333. The summed E-state index contributed by atoms with van der Waals surface area (Å²) in [4.78, 5) is 30.6. The molecule has 3 heterocycles. The molecule has 8 heteroatoms. The molecule has 1 N–H and O–H groups in total. The van der Waals surface area contributed by atoms with Crippen molar-refractivity contribution >= 4 is 22.7 Å². The summed E-state index contributed by atoms with van der Waals surface area (Å²) in [6.45, 7) is 6.26. The summed E-state index contributed by atoms with van der Waals surface area (Å²) < 4.78 is 16.8. The van der Waals surface area contributed by atoms with E-state index in [0.29, 0.717) is 49.8 Å². The van der Waals surface area contributed by atoms with Gasteiger partial charge in [0.25, 0.3) is 5.91 Å². The van der Waals surface area contributed by atoms with Crippen LogP contribution in [0, 0.1) is 0 Å². The van der Waals surface area contributed by atoms with Crippen LogP contribution in [0.3, 0.4) is 0 Å². The van der Waals surface area contributed by atoms with Crippen molar-refractivity contribution in [1.82, 2.24) is 9.80 Å². The van der Waals surface area contributed by atoms with Gasteiger partial charge in [-0.2, -0.15) is 0 Å². The van der Waals surface area contributed by atoms with Crippen LogP contribution in [0.4, 0.5) is 0 Å². The Morgan fingerprint density at radius 2 is 1.83 bits per heavy atom. The van der Waals surface area contributed by atoms with E-state index < -0.39 is 23.5 Å². The van der Waals surface area contributed by atoms with E-state index in [1.165, 1.54) is 0 Å². The van der Waals surface area contributed by atoms with E-state index in [-0.39, 0.29) is 11.3 Å². The molecule has 1 atom stereocenters. The first-order valence-corrected chi connectivity index (χ1v) is 11.9. The molecule has 0 saturated carbocycles. The van der Waals surface area contributed by atoms with Crippen LogP contribution in [0.5, 0.6) is 5.75 Å². The lowest BCUT2D eigenvalue weighted by Crippen LogP contribution is -2.43. The number of morpholine rings is 1. The van der Waals surface area contributed by atoms with E-state index in [2.05, 4.69) is 4.90 Å². The van der Waals surface area contributed by atoms with E-state index in [9.17, 15) is 14.7 Å². The van der Waals surface area contributed by atoms with Gasteiger partial charge in [0.05, 0.1) is 31.4 Å². The molecule has 182 valence electrons. The van der Waals surface area contributed by atoms with Crippen LogP contribution in [0.1, 0.15) is 29.1 Å². The Hall–Kier alpha value is -3.62. The van der Waals surface area contributed by atoms with Crippen molar-refractivity contribution in [2.75, 3.05) is 46.0 Å². The van der Waals surface area contributed by atoms with E-state index in [1.807, 2.05) is 49.4 Å². The molecule has 0 spiro atoms. The van der Waals surface area contributed by atoms with Gasteiger partial charge in [0, 0.05) is 31.6 Å².